The molecule has 2 aromatic heterocycles. The van der Waals surface area contributed by atoms with Crippen LogP contribution in [0, 0.1) is 0 Å². The zero-order valence-electron chi connectivity index (χ0n) is 34.3. The quantitative estimate of drug-likeness (QED) is 0.168. The van der Waals surface area contributed by atoms with Gasteiger partial charge < -0.3 is 9.13 Å². The van der Waals surface area contributed by atoms with Crippen LogP contribution in [0.5, 0.6) is 0 Å². The standard InChI is InChI=1S/C61H38N2/c1-2-14-39(15-3-1)40-26-28-41(29-27-40)42-30-32-43(33-31-42)62-57-25-13-8-20-51(57)59-58(62)37-36-50-49-19-7-12-24-56(49)63(60(50)59)44-34-35-48-47-18-6-11-23-54(47)61(55(48)38-44)52-21-9-4-16-45(52)46-17-5-10-22-53(46)61/h1-38H. The molecule has 2 aliphatic rings. The van der Waals surface area contributed by atoms with Gasteiger partial charge in [-0.25, -0.2) is 0 Å². The van der Waals surface area contributed by atoms with Crippen LogP contribution in [0.1, 0.15) is 22.3 Å². The van der Waals surface area contributed by atoms with Crippen LogP contribution in [-0.4, -0.2) is 9.13 Å². The molecule has 63 heavy (non-hydrogen) atoms. The van der Waals surface area contributed by atoms with E-state index < -0.39 is 5.41 Å². The normalized spacial score (nSPS) is 13.2. The summed E-state index contributed by atoms with van der Waals surface area (Å²) in [6.07, 6.45) is 0. The van der Waals surface area contributed by atoms with Crippen LogP contribution in [0.4, 0.5) is 0 Å². The minimum Gasteiger partial charge on any atom is -0.309 e. The molecule has 2 heterocycles. The molecule has 2 heteroatoms. The fraction of sp³-hybridized carbons (Fsp3) is 0.0164. The third-order valence-electron chi connectivity index (χ3n) is 14.2. The second kappa shape index (κ2) is 12.9. The molecule has 1 spiro atoms. The fourth-order valence-electron chi connectivity index (χ4n) is 11.6. The number of para-hydroxylation sites is 2. The second-order valence-corrected chi connectivity index (χ2v) is 17.2. The van der Waals surface area contributed by atoms with Crippen molar-refractivity contribution in [2.75, 3.05) is 0 Å². The van der Waals surface area contributed by atoms with Crippen molar-refractivity contribution in [1.82, 2.24) is 9.13 Å². The summed E-state index contributed by atoms with van der Waals surface area (Å²) in [7, 11) is 0. The van der Waals surface area contributed by atoms with Crippen molar-refractivity contribution in [1.29, 1.82) is 0 Å². The number of nitrogens with zero attached hydrogens (tertiary/aromatic N) is 2. The van der Waals surface area contributed by atoms with Crippen molar-refractivity contribution >= 4 is 43.6 Å². The number of hydrogen-bond donors (Lipinski definition) is 0. The topological polar surface area (TPSA) is 9.86 Å². The summed E-state index contributed by atoms with van der Waals surface area (Å²) in [5, 5.41) is 5.01. The van der Waals surface area contributed by atoms with Crippen molar-refractivity contribution in [3.05, 3.63) is 253 Å². The first kappa shape index (κ1) is 34.5. The van der Waals surface area contributed by atoms with Gasteiger partial charge in [0.15, 0.2) is 0 Å². The number of rotatable bonds is 4. The van der Waals surface area contributed by atoms with Crippen LogP contribution in [0.25, 0.3) is 99.5 Å². The van der Waals surface area contributed by atoms with Gasteiger partial charge in [-0.3, -0.25) is 0 Å². The van der Waals surface area contributed by atoms with E-state index in [2.05, 4.69) is 240 Å². The third kappa shape index (κ3) is 4.62. The molecule has 0 bridgehead atoms. The Hall–Kier alpha value is -8.20. The van der Waals surface area contributed by atoms with Gasteiger partial charge >= 0.3 is 0 Å². The summed E-state index contributed by atoms with van der Waals surface area (Å²) in [6.45, 7) is 0. The maximum Gasteiger partial charge on any atom is 0.0726 e. The van der Waals surface area contributed by atoms with E-state index in [1.165, 1.54) is 116 Å². The lowest BCUT2D eigenvalue weighted by molar-refractivity contribution is 0.792. The van der Waals surface area contributed by atoms with Gasteiger partial charge in [-0.1, -0.05) is 188 Å². The average Bonchev–Trinajstić information content (AvgIpc) is 4.06. The molecule has 0 saturated carbocycles. The summed E-state index contributed by atoms with van der Waals surface area (Å²) in [5.41, 5.74) is 22.3. The van der Waals surface area contributed by atoms with Crippen LogP contribution in [0.15, 0.2) is 231 Å². The zero-order valence-corrected chi connectivity index (χ0v) is 34.3. The van der Waals surface area contributed by atoms with E-state index in [9.17, 15) is 0 Å². The Morgan fingerprint density at radius 3 is 1.35 bits per heavy atom. The van der Waals surface area contributed by atoms with Crippen molar-refractivity contribution in [3.8, 4) is 55.9 Å². The maximum atomic E-state index is 2.55. The minimum atomic E-state index is -0.421. The van der Waals surface area contributed by atoms with Crippen LogP contribution < -0.4 is 0 Å². The summed E-state index contributed by atoms with van der Waals surface area (Å²) in [5.74, 6) is 0. The Bertz CT molecular complexity index is 3760. The van der Waals surface area contributed by atoms with Crippen molar-refractivity contribution < 1.29 is 0 Å². The van der Waals surface area contributed by atoms with E-state index in [-0.39, 0.29) is 0 Å². The predicted octanol–water partition coefficient (Wildman–Crippen LogP) is 15.6. The largest absolute Gasteiger partial charge is 0.309 e. The molecule has 0 amide bonds. The highest BCUT2D eigenvalue weighted by atomic mass is 15.0. The highest BCUT2D eigenvalue weighted by molar-refractivity contribution is 6.26. The lowest BCUT2D eigenvalue weighted by Crippen LogP contribution is -2.26. The molecule has 10 aromatic carbocycles. The molecule has 14 rings (SSSR count). The SMILES string of the molecule is c1ccc(-c2ccc(-c3ccc(-n4c5ccccc5c5c4ccc4c6ccccc6n(-c6ccc7c(c6)C6(c8ccccc8-c8ccccc86)c6ccccc6-7)c45)cc3)cc2)cc1. The molecule has 0 saturated heterocycles. The Kier molecular flexibility index (Phi) is 7.07. The van der Waals surface area contributed by atoms with Crippen molar-refractivity contribution in [2.24, 2.45) is 0 Å². The molecule has 0 atom stereocenters. The smallest absolute Gasteiger partial charge is 0.0726 e. The van der Waals surface area contributed by atoms with Crippen LogP contribution in [0.2, 0.25) is 0 Å². The summed E-state index contributed by atoms with van der Waals surface area (Å²) < 4.78 is 5.00. The Morgan fingerprint density at radius 1 is 0.270 bits per heavy atom. The van der Waals surface area contributed by atoms with Gasteiger partial charge in [0.2, 0.25) is 0 Å². The monoisotopic (exact) mass is 798 g/mol. The van der Waals surface area contributed by atoms with E-state index in [1.54, 1.807) is 0 Å². The molecular weight excluding hydrogens is 761 g/mol. The Balaban J connectivity index is 0.992. The molecule has 0 radical (unpaired) electrons. The number of aromatic nitrogens is 2. The van der Waals surface area contributed by atoms with Gasteiger partial charge in [0.1, 0.15) is 0 Å². The number of benzene rings is 10. The van der Waals surface area contributed by atoms with Gasteiger partial charge in [-0.2, -0.15) is 0 Å². The third-order valence-corrected chi connectivity index (χ3v) is 14.2. The maximum absolute atomic E-state index is 2.55. The number of hydrogen-bond acceptors (Lipinski definition) is 0. The molecule has 0 fully saturated rings. The van der Waals surface area contributed by atoms with E-state index in [0.717, 1.165) is 5.69 Å². The first-order chi connectivity index (χ1) is 31.3. The van der Waals surface area contributed by atoms with Crippen molar-refractivity contribution in [2.45, 2.75) is 5.41 Å². The lowest BCUT2D eigenvalue weighted by atomic mass is 9.70. The van der Waals surface area contributed by atoms with Crippen molar-refractivity contribution in [3.63, 3.8) is 0 Å². The minimum absolute atomic E-state index is 0.421. The molecule has 2 aliphatic carbocycles. The lowest BCUT2D eigenvalue weighted by Gasteiger charge is -2.30. The van der Waals surface area contributed by atoms with Gasteiger partial charge in [0, 0.05) is 32.9 Å². The molecule has 0 aliphatic heterocycles. The van der Waals surface area contributed by atoms with E-state index in [0.29, 0.717) is 0 Å². The van der Waals surface area contributed by atoms with Gasteiger partial charge in [-0.05, 0) is 109 Å². The van der Waals surface area contributed by atoms with Crippen LogP contribution in [-0.2, 0) is 5.41 Å². The summed E-state index contributed by atoms with van der Waals surface area (Å²) in [6, 6.07) is 85.7. The van der Waals surface area contributed by atoms with E-state index in [1.807, 2.05) is 0 Å². The first-order valence-electron chi connectivity index (χ1n) is 21.9. The van der Waals surface area contributed by atoms with E-state index in [4.69, 9.17) is 0 Å². The highest BCUT2D eigenvalue weighted by Crippen LogP contribution is 2.63. The van der Waals surface area contributed by atoms with Gasteiger partial charge in [-0.15, -0.1) is 0 Å². The Labute approximate surface area is 365 Å². The summed E-state index contributed by atoms with van der Waals surface area (Å²) in [4.78, 5) is 0. The molecule has 12 aromatic rings. The van der Waals surface area contributed by atoms with Crippen LogP contribution >= 0.6 is 0 Å². The zero-order chi connectivity index (χ0) is 41.2. The Morgan fingerprint density at radius 2 is 0.730 bits per heavy atom. The molecule has 292 valence electrons. The average molecular weight is 799 g/mol. The van der Waals surface area contributed by atoms with Gasteiger partial charge in [0.25, 0.3) is 0 Å². The van der Waals surface area contributed by atoms with E-state index >= 15 is 0 Å². The van der Waals surface area contributed by atoms with Gasteiger partial charge in [0.05, 0.1) is 27.5 Å². The number of fused-ring (bicyclic) bond motifs is 17. The first-order valence-corrected chi connectivity index (χ1v) is 21.9. The molecule has 2 nitrogen and oxygen atoms in total. The van der Waals surface area contributed by atoms with Crippen LogP contribution in [0.3, 0.4) is 0 Å². The molecule has 0 N–H and O–H groups in total. The predicted molar refractivity (Wildman–Crippen MR) is 262 cm³/mol. The second-order valence-electron chi connectivity index (χ2n) is 17.2. The fourth-order valence-corrected chi connectivity index (χ4v) is 11.6. The highest BCUT2D eigenvalue weighted by Gasteiger charge is 2.51. The molecule has 0 unspecified atom stereocenters. The summed E-state index contributed by atoms with van der Waals surface area (Å²) >= 11 is 0. The molecular formula is C61H38N2.